The molecule has 258 valence electrons. The van der Waals surface area contributed by atoms with Gasteiger partial charge in [0.2, 0.25) is 5.91 Å². The van der Waals surface area contributed by atoms with Crippen molar-refractivity contribution in [2.24, 2.45) is 23.3 Å². The van der Waals surface area contributed by atoms with Gasteiger partial charge in [-0.25, -0.2) is 9.78 Å². The van der Waals surface area contributed by atoms with Gasteiger partial charge in [-0.1, -0.05) is 73.9 Å². The second-order valence-corrected chi connectivity index (χ2v) is 13.5. The van der Waals surface area contributed by atoms with Crippen LogP contribution >= 0.6 is 0 Å². The molecule has 3 aromatic rings. The maximum Gasteiger partial charge on any atom is 0.422 e. The fraction of sp³-hybridized carbons (Fsp3) is 0.472. The number of aliphatic hydroxyl groups is 1. The monoisotopic (exact) mass is 660 g/mol. The first-order valence-electron chi connectivity index (χ1n) is 16.5. The number of hydrogen-bond donors (Lipinski definition) is 5. The molecule has 0 saturated heterocycles. The first-order valence-corrected chi connectivity index (χ1v) is 16.5. The molecule has 0 radical (unpaired) electrons. The lowest BCUT2D eigenvalue weighted by molar-refractivity contribution is -0.133. The number of hydrazine groups is 1. The summed E-state index contributed by atoms with van der Waals surface area (Å²) in [5.41, 5.74) is 15.5. The fourth-order valence-electron chi connectivity index (χ4n) is 6.10. The van der Waals surface area contributed by atoms with Crippen molar-refractivity contribution in [2.75, 3.05) is 6.54 Å². The average molecular weight is 661 g/mol. The van der Waals surface area contributed by atoms with Gasteiger partial charge in [-0.2, -0.15) is 5.01 Å². The summed E-state index contributed by atoms with van der Waals surface area (Å²) in [5, 5.41) is 16.8. The van der Waals surface area contributed by atoms with Gasteiger partial charge >= 0.3 is 6.09 Å². The number of carbonyl (C=O) groups excluding carboxylic acids is 4. The Morgan fingerprint density at radius 3 is 2.31 bits per heavy atom. The Morgan fingerprint density at radius 2 is 1.65 bits per heavy atom. The molecule has 4 atom stereocenters. The second kappa shape index (κ2) is 16.6. The molecule has 48 heavy (non-hydrogen) atoms. The summed E-state index contributed by atoms with van der Waals surface area (Å²) in [7, 11) is 0. The zero-order valence-electron chi connectivity index (χ0n) is 27.9. The molecule has 4 rings (SSSR count). The minimum atomic E-state index is -1.54. The molecule has 1 saturated carbocycles. The SMILES string of the molecule is CC(C)(C)OC(=O)NN(CC1CCCCC1)C(N)[C@@H](O)[C@H](Cc1ccccc1)C(=O)[C@H](CC(N)=O)NC(=O)c1ccc2ccccc2n1. The lowest BCUT2D eigenvalue weighted by atomic mass is 9.84. The number of Topliss-reactive ketones (excluding diaryl/α,β-unsaturated/α-hetero) is 1. The van der Waals surface area contributed by atoms with Crippen molar-refractivity contribution in [3.63, 3.8) is 0 Å². The van der Waals surface area contributed by atoms with Crippen LogP contribution in [0.3, 0.4) is 0 Å². The maximum atomic E-state index is 14.3. The highest BCUT2D eigenvalue weighted by Gasteiger charge is 2.40. The molecule has 7 N–H and O–H groups in total. The van der Waals surface area contributed by atoms with E-state index >= 15 is 0 Å². The van der Waals surface area contributed by atoms with Crippen molar-refractivity contribution >= 4 is 34.6 Å². The number of nitrogens with zero attached hydrogens (tertiary/aromatic N) is 2. The highest BCUT2D eigenvalue weighted by Crippen LogP contribution is 2.26. The summed E-state index contributed by atoms with van der Waals surface area (Å²) in [6.07, 6.45) is 1.07. The van der Waals surface area contributed by atoms with Crippen molar-refractivity contribution in [2.45, 2.75) is 89.6 Å². The smallest absolute Gasteiger partial charge is 0.422 e. The fourth-order valence-corrected chi connectivity index (χ4v) is 6.10. The summed E-state index contributed by atoms with van der Waals surface area (Å²) in [5.74, 6) is -3.13. The van der Waals surface area contributed by atoms with Crippen molar-refractivity contribution in [3.8, 4) is 0 Å². The molecule has 1 heterocycles. The van der Waals surface area contributed by atoms with Gasteiger partial charge < -0.3 is 26.6 Å². The summed E-state index contributed by atoms with van der Waals surface area (Å²) in [6, 6.07) is 18.2. The van der Waals surface area contributed by atoms with E-state index in [0.717, 1.165) is 43.1 Å². The molecule has 12 heteroatoms. The van der Waals surface area contributed by atoms with Gasteiger partial charge in [0.05, 0.1) is 30.0 Å². The van der Waals surface area contributed by atoms with Crippen LogP contribution in [0.25, 0.3) is 10.9 Å². The van der Waals surface area contributed by atoms with Crippen molar-refractivity contribution in [1.82, 2.24) is 20.7 Å². The molecule has 12 nitrogen and oxygen atoms in total. The third-order valence-electron chi connectivity index (χ3n) is 8.48. The minimum Gasteiger partial charge on any atom is -0.443 e. The van der Waals surface area contributed by atoms with Crippen molar-refractivity contribution in [1.29, 1.82) is 0 Å². The minimum absolute atomic E-state index is 0.0393. The standard InChI is InChI=1S/C36H48N6O6/c1-36(2,3)48-35(47)41-42(22-24-14-8-5-9-15-24)33(38)32(45)26(20-23-12-6-4-7-13-23)31(44)29(21-30(37)43)40-34(46)28-19-18-25-16-10-11-17-27(25)39-28/h4,6-7,10-13,16-19,24,26,29,32-33,45H,5,8-9,14-15,20-22,38H2,1-3H3,(H2,37,43)(H,40,46)(H,41,47)/t26-,29+,32+,33?/m1/s1. The Kier molecular flexibility index (Phi) is 12.6. The Balaban J connectivity index is 1.63. The van der Waals surface area contributed by atoms with Crippen LogP contribution in [0.5, 0.6) is 0 Å². The predicted octanol–water partition coefficient (Wildman–Crippen LogP) is 3.60. The Bertz CT molecular complexity index is 1560. The number of nitrogens with one attached hydrogen (secondary N) is 2. The van der Waals surface area contributed by atoms with Crippen LogP contribution < -0.4 is 22.2 Å². The number of nitrogens with two attached hydrogens (primary N) is 2. The van der Waals surface area contributed by atoms with E-state index in [-0.39, 0.29) is 18.0 Å². The number of ketones is 1. The average Bonchev–Trinajstić information content (AvgIpc) is 3.05. The lowest BCUT2D eigenvalue weighted by Crippen LogP contribution is -2.62. The molecular weight excluding hydrogens is 612 g/mol. The van der Waals surface area contributed by atoms with Crippen molar-refractivity contribution < 1.29 is 29.0 Å². The summed E-state index contributed by atoms with van der Waals surface area (Å²) < 4.78 is 5.48. The molecule has 0 bridgehead atoms. The van der Waals surface area contributed by atoms with Crippen LogP contribution in [0.1, 0.15) is 75.3 Å². The molecule has 1 aromatic heterocycles. The van der Waals surface area contributed by atoms with E-state index in [9.17, 15) is 24.3 Å². The zero-order valence-corrected chi connectivity index (χ0v) is 27.9. The lowest BCUT2D eigenvalue weighted by Gasteiger charge is -2.38. The van der Waals surface area contributed by atoms with Gasteiger partial charge in [0, 0.05) is 11.9 Å². The van der Waals surface area contributed by atoms with E-state index in [2.05, 4.69) is 15.7 Å². The van der Waals surface area contributed by atoms with Gasteiger partial charge in [0.25, 0.3) is 5.91 Å². The van der Waals surface area contributed by atoms with Gasteiger partial charge in [0.15, 0.2) is 5.78 Å². The summed E-state index contributed by atoms with van der Waals surface area (Å²) in [6.45, 7) is 5.55. The van der Waals surface area contributed by atoms with Gasteiger partial charge in [-0.05, 0) is 63.6 Å². The van der Waals surface area contributed by atoms with Crippen LogP contribution in [0.15, 0.2) is 66.7 Å². The van der Waals surface area contributed by atoms with E-state index in [1.54, 1.807) is 63.2 Å². The number of rotatable bonds is 14. The first-order chi connectivity index (χ1) is 22.8. The number of amides is 3. The molecule has 1 aliphatic carbocycles. The number of pyridine rings is 1. The molecular formula is C36H48N6O6. The molecule has 0 spiro atoms. The topological polar surface area (TPSA) is 190 Å². The van der Waals surface area contributed by atoms with E-state index in [4.69, 9.17) is 16.2 Å². The Morgan fingerprint density at radius 1 is 0.979 bits per heavy atom. The Hall–Kier alpha value is -4.39. The highest BCUT2D eigenvalue weighted by atomic mass is 16.6. The summed E-state index contributed by atoms with van der Waals surface area (Å²) in [4.78, 5) is 57.3. The largest absolute Gasteiger partial charge is 0.443 e. The van der Waals surface area contributed by atoms with Crippen LogP contribution in [0, 0.1) is 11.8 Å². The third kappa shape index (κ3) is 10.6. The number of primary amides is 1. The van der Waals surface area contributed by atoms with Crippen LogP contribution in [0.4, 0.5) is 4.79 Å². The predicted molar refractivity (Wildman–Crippen MR) is 182 cm³/mol. The number of para-hydroxylation sites is 1. The normalized spacial score (nSPS) is 16.5. The molecule has 1 fully saturated rings. The number of hydrogen-bond acceptors (Lipinski definition) is 9. The maximum absolute atomic E-state index is 14.3. The van der Waals surface area contributed by atoms with E-state index < -0.39 is 59.9 Å². The van der Waals surface area contributed by atoms with E-state index in [1.807, 2.05) is 18.2 Å². The Labute approximate surface area is 281 Å². The number of aromatic nitrogens is 1. The van der Waals surface area contributed by atoms with Crippen LogP contribution in [0.2, 0.25) is 0 Å². The number of aliphatic hydroxyl groups excluding tert-OH is 1. The number of ether oxygens (including phenoxy) is 1. The molecule has 3 amide bonds. The van der Waals surface area contributed by atoms with E-state index in [1.165, 1.54) is 11.1 Å². The molecule has 0 aliphatic heterocycles. The number of carbonyl (C=O) groups is 4. The summed E-state index contributed by atoms with van der Waals surface area (Å²) >= 11 is 0. The van der Waals surface area contributed by atoms with Crippen molar-refractivity contribution in [3.05, 3.63) is 78.0 Å². The van der Waals surface area contributed by atoms with Crippen LogP contribution in [-0.2, 0) is 20.7 Å². The highest BCUT2D eigenvalue weighted by molar-refractivity contribution is 6.00. The zero-order chi connectivity index (χ0) is 34.8. The first kappa shape index (κ1) is 36.4. The second-order valence-electron chi connectivity index (χ2n) is 13.5. The van der Waals surface area contributed by atoms with Gasteiger partial charge in [0.1, 0.15) is 17.5 Å². The third-order valence-corrected chi connectivity index (χ3v) is 8.48. The van der Waals surface area contributed by atoms with Gasteiger partial charge in [-0.15, -0.1) is 0 Å². The van der Waals surface area contributed by atoms with Crippen LogP contribution in [-0.4, -0.2) is 69.2 Å². The number of benzene rings is 2. The molecule has 1 aliphatic rings. The quantitative estimate of drug-likeness (QED) is 0.127. The van der Waals surface area contributed by atoms with Gasteiger partial charge in [-0.3, -0.25) is 19.8 Å². The molecule has 2 aromatic carbocycles. The number of fused-ring (bicyclic) bond motifs is 1. The molecule has 1 unspecified atom stereocenters. The van der Waals surface area contributed by atoms with E-state index in [0.29, 0.717) is 12.1 Å².